The molecule has 1 atom stereocenters. The molecule has 0 rings (SSSR count). The number of hydrogen-bond acceptors (Lipinski definition) is 1. The van der Waals surface area contributed by atoms with Crippen molar-refractivity contribution in [2.45, 2.75) is 26.9 Å². The lowest BCUT2D eigenvalue weighted by molar-refractivity contribution is 0.0401. The van der Waals surface area contributed by atoms with Crippen LogP contribution in [0.5, 0.6) is 0 Å². The minimum absolute atomic E-state index is 0.0737. The molecule has 0 saturated carbocycles. The van der Waals surface area contributed by atoms with Crippen molar-refractivity contribution >= 4 is 15.9 Å². The van der Waals surface area contributed by atoms with Crippen LogP contribution in [0.2, 0.25) is 0 Å². The highest BCUT2D eigenvalue weighted by atomic mass is 79.9. The Bertz CT molecular complexity index is 123. The summed E-state index contributed by atoms with van der Waals surface area (Å²) in [6.45, 7) is 10.7. The molecule has 0 aliphatic rings. The van der Waals surface area contributed by atoms with Crippen molar-refractivity contribution in [1.29, 1.82) is 0 Å². The molecule has 0 N–H and O–H groups in total. The summed E-state index contributed by atoms with van der Waals surface area (Å²) >= 11 is 3.43. The molecule has 0 radical (unpaired) electrons. The molecular formula is C9H17BrO. The van der Waals surface area contributed by atoms with Crippen molar-refractivity contribution in [2.24, 2.45) is 5.41 Å². The normalized spacial score (nSPS) is 16.5. The molecule has 0 saturated heterocycles. The third kappa shape index (κ3) is 4.59. The van der Waals surface area contributed by atoms with Crippen LogP contribution in [0.3, 0.4) is 0 Å². The average molecular weight is 221 g/mol. The Hall–Kier alpha value is 0.180. The smallest absolute Gasteiger partial charge is 0.0565 e. The van der Waals surface area contributed by atoms with E-state index in [2.05, 4.69) is 29.4 Å². The predicted molar refractivity (Wildman–Crippen MR) is 53.2 cm³/mol. The molecular weight excluding hydrogens is 204 g/mol. The summed E-state index contributed by atoms with van der Waals surface area (Å²) in [6, 6.07) is 0. The molecule has 0 fully saturated rings. The van der Waals surface area contributed by atoms with Crippen LogP contribution in [0.25, 0.3) is 0 Å². The van der Waals surface area contributed by atoms with E-state index >= 15 is 0 Å². The third-order valence-corrected chi connectivity index (χ3v) is 2.83. The summed E-state index contributed by atoms with van der Waals surface area (Å²) in [4.78, 5) is 0. The van der Waals surface area contributed by atoms with Gasteiger partial charge in [-0.2, -0.15) is 0 Å². The maximum absolute atomic E-state index is 5.49. The molecule has 1 unspecified atom stereocenters. The van der Waals surface area contributed by atoms with Crippen LogP contribution in [-0.4, -0.2) is 18.0 Å². The minimum atomic E-state index is 0.0737. The quantitative estimate of drug-likeness (QED) is 0.512. The van der Waals surface area contributed by atoms with E-state index in [1.54, 1.807) is 0 Å². The first-order chi connectivity index (χ1) is 5.04. The van der Waals surface area contributed by atoms with Crippen molar-refractivity contribution in [3.63, 3.8) is 0 Å². The van der Waals surface area contributed by atoms with Gasteiger partial charge in [-0.05, 0) is 13.8 Å². The highest BCUT2D eigenvalue weighted by molar-refractivity contribution is 9.09. The van der Waals surface area contributed by atoms with Gasteiger partial charge in [0.2, 0.25) is 0 Å². The SMILES string of the molecule is C=CC(C)(CBr)COC(C)C. The molecule has 66 valence electrons. The van der Waals surface area contributed by atoms with Gasteiger partial charge in [0.1, 0.15) is 0 Å². The fraction of sp³-hybridized carbons (Fsp3) is 0.778. The number of ether oxygens (including phenoxy) is 1. The van der Waals surface area contributed by atoms with Gasteiger partial charge >= 0.3 is 0 Å². The Balaban J connectivity index is 3.78. The van der Waals surface area contributed by atoms with Gasteiger partial charge in [0.05, 0.1) is 12.7 Å². The lowest BCUT2D eigenvalue weighted by Crippen LogP contribution is -2.24. The highest BCUT2D eigenvalue weighted by Gasteiger charge is 2.18. The second-order valence-corrected chi connectivity index (χ2v) is 3.91. The van der Waals surface area contributed by atoms with Crippen LogP contribution in [0.4, 0.5) is 0 Å². The summed E-state index contributed by atoms with van der Waals surface area (Å²) in [5.74, 6) is 0. The van der Waals surface area contributed by atoms with Gasteiger partial charge in [-0.3, -0.25) is 0 Å². The minimum Gasteiger partial charge on any atom is -0.378 e. The first-order valence-corrected chi connectivity index (χ1v) is 4.97. The molecule has 0 aliphatic heterocycles. The Labute approximate surface area is 78.0 Å². The lowest BCUT2D eigenvalue weighted by atomic mass is 9.95. The van der Waals surface area contributed by atoms with Crippen molar-refractivity contribution in [3.8, 4) is 0 Å². The maximum Gasteiger partial charge on any atom is 0.0565 e. The molecule has 2 heteroatoms. The van der Waals surface area contributed by atoms with Crippen molar-refractivity contribution < 1.29 is 4.74 Å². The van der Waals surface area contributed by atoms with Crippen LogP contribution >= 0.6 is 15.9 Å². The maximum atomic E-state index is 5.49. The van der Waals surface area contributed by atoms with Gasteiger partial charge in [0.15, 0.2) is 0 Å². The van der Waals surface area contributed by atoms with E-state index in [1.807, 2.05) is 19.9 Å². The van der Waals surface area contributed by atoms with Crippen LogP contribution in [-0.2, 0) is 4.74 Å². The molecule has 0 aliphatic carbocycles. The largest absolute Gasteiger partial charge is 0.378 e. The molecule has 1 nitrogen and oxygen atoms in total. The van der Waals surface area contributed by atoms with Crippen LogP contribution in [0.15, 0.2) is 12.7 Å². The molecule has 0 aromatic heterocycles. The number of rotatable bonds is 5. The molecule has 11 heavy (non-hydrogen) atoms. The van der Waals surface area contributed by atoms with E-state index in [1.165, 1.54) is 0 Å². The number of halogens is 1. The summed E-state index contributed by atoms with van der Waals surface area (Å²) in [7, 11) is 0. The monoisotopic (exact) mass is 220 g/mol. The first kappa shape index (κ1) is 11.2. The Morgan fingerprint density at radius 2 is 2.18 bits per heavy atom. The van der Waals surface area contributed by atoms with E-state index in [0.29, 0.717) is 6.10 Å². The zero-order valence-electron chi connectivity index (χ0n) is 7.56. The zero-order valence-corrected chi connectivity index (χ0v) is 9.15. The Kier molecular flexibility index (Phi) is 5.02. The lowest BCUT2D eigenvalue weighted by Gasteiger charge is -2.23. The Morgan fingerprint density at radius 3 is 2.45 bits per heavy atom. The molecule has 0 bridgehead atoms. The van der Waals surface area contributed by atoms with E-state index in [0.717, 1.165) is 11.9 Å². The summed E-state index contributed by atoms with van der Waals surface area (Å²) in [6.07, 6.45) is 2.23. The first-order valence-electron chi connectivity index (χ1n) is 3.85. The standard InChI is InChI=1S/C9H17BrO/c1-5-9(4,6-10)7-11-8(2)3/h5,8H,1,6-7H2,2-4H3. The van der Waals surface area contributed by atoms with Crippen molar-refractivity contribution in [3.05, 3.63) is 12.7 Å². The van der Waals surface area contributed by atoms with E-state index in [4.69, 9.17) is 4.74 Å². The van der Waals surface area contributed by atoms with Crippen LogP contribution in [0, 0.1) is 5.41 Å². The fourth-order valence-corrected chi connectivity index (χ4v) is 0.900. The van der Waals surface area contributed by atoms with Gasteiger partial charge in [-0.15, -0.1) is 6.58 Å². The molecule has 0 heterocycles. The van der Waals surface area contributed by atoms with Crippen LogP contribution in [0.1, 0.15) is 20.8 Å². The van der Waals surface area contributed by atoms with Gasteiger partial charge < -0.3 is 4.74 Å². The second-order valence-electron chi connectivity index (χ2n) is 3.35. The summed E-state index contributed by atoms with van der Waals surface area (Å²) in [5.41, 5.74) is 0.0737. The fourth-order valence-electron chi connectivity index (χ4n) is 0.509. The molecule has 0 aromatic rings. The number of alkyl halides is 1. The van der Waals surface area contributed by atoms with Crippen molar-refractivity contribution in [1.82, 2.24) is 0 Å². The van der Waals surface area contributed by atoms with Gasteiger partial charge in [-0.1, -0.05) is 28.9 Å². The van der Waals surface area contributed by atoms with E-state index in [9.17, 15) is 0 Å². The van der Waals surface area contributed by atoms with Crippen LogP contribution < -0.4 is 0 Å². The van der Waals surface area contributed by atoms with Gasteiger partial charge in [-0.25, -0.2) is 0 Å². The number of hydrogen-bond donors (Lipinski definition) is 0. The topological polar surface area (TPSA) is 9.23 Å². The van der Waals surface area contributed by atoms with E-state index in [-0.39, 0.29) is 5.41 Å². The van der Waals surface area contributed by atoms with Gasteiger partial charge in [0, 0.05) is 10.7 Å². The summed E-state index contributed by atoms with van der Waals surface area (Å²) < 4.78 is 5.49. The average Bonchev–Trinajstić information content (AvgIpc) is 2.00. The summed E-state index contributed by atoms with van der Waals surface area (Å²) in [5, 5.41) is 0.899. The second kappa shape index (κ2) is 4.94. The highest BCUT2D eigenvalue weighted by Crippen LogP contribution is 2.21. The third-order valence-electron chi connectivity index (χ3n) is 1.54. The van der Waals surface area contributed by atoms with Crippen molar-refractivity contribution in [2.75, 3.05) is 11.9 Å². The molecule has 0 aromatic carbocycles. The van der Waals surface area contributed by atoms with E-state index < -0.39 is 0 Å². The zero-order chi connectivity index (χ0) is 8.91. The molecule has 0 amide bonds. The molecule has 0 spiro atoms. The van der Waals surface area contributed by atoms with Gasteiger partial charge in [0.25, 0.3) is 0 Å². The Morgan fingerprint density at radius 1 is 1.64 bits per heavy atom. The predicted octanol–water partition coefficient (Wildman–Crippen LogP) is 3.00.